The Bertz CT molecular complexity index is 612. The maximum atomic E-state index is 12.1. The highest BCUT2D eigenvalue weighted by Gasteiger charge is 2.45. The van der Waals surface area contributed by atoms with Crippen LogP contribution in [-0.2, 0) is 21.5 Å². The number of carbonyl (C=O) groups excluding carboxylic acids is 1. The lowest BCUT2D eigenvalue weighted by atomic mass is 9.98. The van der Waals surface area contributed by atoms with Crippen LogP contribution in [0.1, 0.15) is 25.8 Å². The Hall–Kier alpha value is -1.60. The van der Waals surface area contributed by atoms with Crippen molar-refractivity contribution in [2.24, 2.45) is 5.92 Å². The highest BCUT2D eigenvalue weighted by molar-refractivity contribution is 7.88. The molecule has 1 aromatic rings. The van der Waals surface area contributed by atoms with E-state index in [1.54, 1.807) is 31.4 Å². The Morgan fingerprint density at radius 1 is 1.33 bits per heavy atom. The molecule has 0 spiro atoms. The number of rotatable bonds is 5. The van der Waals surface area contributed by atoms with E-state index in [0.717, 1.165) is 12.0 Å². The molecule has 0 saturated carbocycles. The molecule has 7 heteroatoms. The fraction of sp³-hybridized carbons (Fsp3) is 0.500. The first kappa shape index (κ1) is 15.8. The summed E-state index contributed by atoms with van der Waals surface area (Å²) < 4.78 is 32.6. The van der Waals surface area contributed by atoms with Crippen molar-refractivity contribution in [2.75, 3.05) is 7.11 Å². The van der Waals surface area contributed by atoms with Crippen LogP contribution in [0.3, 0.4) is 0 Å². The monoisotopic (exact) mass is 312 g/mol. The molecule has 1 aromatic carbocycles. The van der Waals surface area contributed by atoms with E-state index >= 15 is 0 Å². The molecule has 0 aromatic heterocycles. The summed E-state index contributed by atoms with van der Waals surface area (Å²) in [7, 11) is -2.18. The minimum Gasteiger partial charge on any atom is -0.497 e. The van der Waals surface area contributed by atoms with E-state index in [2.05, 4.69) is 4.72 Å². The zero-order valence-electron chi connectivity index (χ0n) is 12.4. The summed E-state index contributed by atoms with van der Waals surface area (Å²) in [6.07, 6.45) is 0.729. The van der Waals surface area contributed by atoms with Crippen LogP contribution in [0.5, 0.6) is 5.75 Å². The largest absolute Gasteiger partial charge is 0.497 e. The van der Waals surface area contributed by atoms with Gasteiger partial charge in [0, 0.05) is 6.54 Å². The SMILES string of the molecule is CC[C@H](C)[C@H]1C(=O)NS(=O)(=O)N1Cc1ccc(OC)cc1. The number of methoxy groups -OCH3 is 1. The van der Waals surface area contributed by atoms with Gasteiger partial charge in [0.15, 0.2) is 0 Å². The zero-order chi connectivity index (χ0) is 15.6. The smallest absolute Gasteiger partial charge is 0.304 e. The molecule has 2 rings (SSSR count). The molecule has 0 bridgehead atoms. The molecule has 1 fully saturated rings. The van der Waals surface area contributed by atoms with Gasteiger partial charge in [-0.25, -0.2) is 4.72 Å². The second-order valence-electron chi connectivity index (χ2n) is 5.20. The van der Waals surface area contributed by atoms with Gasteiger partial charge in [0.25, 0.3) is 5.91 Å². The first-order valence-corrected chi connectivity index (χ1v) is 8.29. The molecular weight excluding hydrogens is 292 g/mol. The Kier molecular flexibility index (Phi) is 4.53. The average Bonchev–Trinajstić information content (AvgIpc) is 2.68. The fourth-order valence-electron chi connectivity index (χ4n) is 2.39. The molecule has 1 N–H and O–H groups in total. The van der Waals surface area contributed by atoms with Crippen LogP contribution in [0.15, 0.2) is 24.3 Å². The molecule has 21 heavy (non-hydrogen) atoms. The summed E-state index contributed by atoms with van der Waals surface area (Å²) >= 11 is 0. The van der Waals surface area contributed by atoms with Crippen LogP contribution < -0.4 is 9.46 Å². The lowest BCUT2D eigenvalue weighted by Crippen LogP contribution is -2.39. The summed E-state index contributed by atoms with van der Waals surface area (Å²) in [6.45, 7) is 3.99. The Morgan fingerprint density at radius 3 is 2.48 bits per heavy atom. The van der Waals surface area contributed by atoms with Gasteiger partial charge in [0.2, 0.25) is 0 Å². The average molecular weight is 312 g/mol. The Morgan fingerprint density at radius 2 is 1.95 bits per heavy atom. The minimum atomic E-state index is -3.75. The number of amides is 1. The molecule has 116 valence electrons. The highest BCUT2D eigenvalue weighted by atomic mass is 32.2. The molecular formula is C14H20N2O4S. The third-order valence-corrected chi connectivity index (χ3v) is 5.23. The molecule has 1 saturated heterocycles. The van der Waals surface area contributed by atoms with Gasteiger partial charge in [-0.3, -0.25) is 4.79 Å². The van der Waals surface area contributed by atoms with Gasteiger partial charge < -0.3 is 4.74 Å². The zero-order valence-corrected chi connectivity index (χ0v) is 13.2. The lowest BCUT2D eigenvalue weighted by Gasteiger charge is -2.24. The molecule has 1 amide bonds. The Labute approximate surface area is 125 Å². The van der Waals surface area contributed by atoms with Gasteiger partial charge in [-0.15, -0.1) is 0 Å². The lowest BCUT2D eigenvalue weighted by molar-refractivity contribution is -0.122. The van der Waals surface area contributed by atoms with Crippen molar-refractivity contribution in [3.05, 3.63) is 29.8 Å². The van der Waals surface area contributed by atoms with E-state index in [9.17, 15) is 13.2 Å². The number of ether oxygens (including phenoxy) is 1. The van der Waals surface area contributed by atoms with E-state index in [4.69, 9.17) is 4.74 Å². The molecule has 6 nitrogen and oxygen atoms in total. The second-order valence-corrected chi connectivity index (χ2v) is 6.82. The third-order valence-electron chi connectivity index (χ3n) is 3.80. The standard InChI is InChI=1S/C14H20N2O4S/c1-4-10(2)13-14(17)15-21(18,19)16(13)9-11-5-7-12(20-3)8-6-11/h5-8,10,13H,4,9H2,1-3H3,(H,15,17)/t10-,13-/m0/s1. The van der Waals surface area contributed by atoms with E-state index in [1.165, 1.54) is 4.31 Å². The van der Waals surface area contributed by atoms with Crippen LogP contribution >= 0.6 is 0 Å². The maximum absolute atomic E-state index is 12.1. The van der Waals surface area contributed by atoms with Gasteiger partial charge >= 0.3 is 10.2 Å². The number of nitrogens with one attached hydrogen (secondary N) is 1. The van der Waals surface area contributed by atoms with Crippen molar-refractivity contribution in [1.29, 1.82) is 0 Å². The number of carbonyl (C=O) groups is 1. The molecule has 1 aliphatic rings. The number of benzene rings is 1. The van der Waals surface area contributed by atoms with Gasteiger partial charge in [-0.1, -0.05) is 32.4 Å². The van der Waals surface area contributed by atoms with Gasteiger partial charge in [-0.2, -0.15) is 12.7 Å². The van der Waals surface area contributed by atoms with Crippen LogP contribution in [0.2, 0.25) is 0 Å². The van der Waals surface area contributed by atoms with Crippen LogP contribution in [0.25, 0.3) is 0 Å². The Balaban J connectivity index is 2.27. The molecule has 1 aliphatic heterocycles. The second kappa shape index (κ2) is 6.03. The summed E-state index contributed by atoms with van der Waals surface area (Å²) in [5.41, 5.74) is 0.809. The van der Waals surface area contributed by atoms with E-state index in [1.807, 2.05) is 13.8 Å². The number of hydrogen-bond acceptors (Lipinski definition) is 4. The molecule has 0 radical (unpaired) electrons. The summed E-state index contributed by atoms with van der Waals surface area (Å²) in [6, 6.07) is 6.48. The molecule has 2 atom stereocenters. The topological polar surface area (TPSA) is 75.7 Å². The fourth-order valence-corrected chi connectivity index (χ4v) is 3.80. The normalized spacial score (nSPS) is 22.8. The van der Waals surface area contributed by atoms with E-state index in [0.29, 0.717) is 5.75 Å². The van der Waals surface area contributed by atoms with Crippen molar-refractivity contribution < 1.29 is 17.9 Å². The van der Waals surface area contributed by atoms with Gasteiger partial charge in [0.05, 0.1) is 7.11 Å². The summed E-state index contributed by atoms with van der Waals surface area (Å²) in [5, 5.41) is 0. The van der Waals surface area contributed by atoms with Crippen molar-refractivity contribution in [2.45, 2.75) is 32.9 Å². The number of nitrogens with zero attached hydrogens (tertiary/aromatic N) is 1. The van der Waals surface area contributed by atoms with Gasteiger partial charge in [0.1, 0.15) is 11.8 Å². The third kappa shape index (κ3) is 3.19. The van der Waals surface area contributed by atoms with Crippen LogP contribution in [0, 0.1) is 5.92 Å². The number of hydrogen-bond donors (Lipinski definition) is 1. The van der Waals surface area contributed by atoms with E-state index in [-0.39, 0.29) is 12.5 Å². The van der Waals surface area contributed by atoms with Gasteiger partial charge in [-0.05, 0) is 23.6 Å². The summed E-state index contributed by atoms with van der Waals surface area (Å²) in [4.78, 5) is 11.9. The van der Waals surface area contributed by atoms with E-state index < -0.39 is 22.2 Å². The van der Waals surface area contributed by atoms with Crippen LogP contribution in [0.4, 0.5) is 0 Å². The quantitative estimate of drug-likeness (QED) is 0.889. The van der Waals surface area contributed by atoms with Crippen molar-refractivity contribution >= 4 is 16.1 Å². The summed E-state index contributed by atoms with van der Waals surface area (Å²) in [5.74, 6) is 0.217. The maximum Gasteiger partial charge on any atom is 0.304 e. The molecule has 1 heterocycles. The molecule has 0 aliphatic carbocycles. The minimum absolute atomic E-state index is 0.0412. The predicted molar refractivity (Wildman–Crippen MR) is 78.8 cm³/mol. The molecule has 0 unspecified atom stereocenters. The predicted octanol–water partition coefficient (Wildman–Crippen LogP) is 1.29. The van der Waals surface area contributed by atoms with Crippen molar-refractivity contribution in [3.63, 3.8) is 0 Å². The van der Waals surface area contributed by atoms with Crippen molar-refractivity contribution in [1.82, 2.24) is 9.03 Å². The van der Waals surface area contributed by atoms with Crippen LogP contribution in [-0.4, -0.2) is 31.8 Å². The first-order valence-electron chi connectivity index (χ1n) is 6.85. The van der Waals surface area contributed by atoms with Crippen molar-refractivity contribution in [3.8, 4) is 5.75 Å². The first-order chi connectivity index (χ1) is 9.89. The highest BCUT2D eigenvalue weighted by Crippen LogP contribution is 2.26.